The molecule has 0 fully saturated rings. The van der Waals surface area contributed by atoms with Gasteiger partial charge in [0.1, 0.15) is 11.4 Å². The number of nitrogens with one attached hydrogen (secondary N) is 3. The van der Waals surface area contributed by atoms with Crippen molar-refractivity contribution in [3.63, 3.8) is 0 Å². The molecule has 4 atom stereocenters. The molecule has 0 radical (unpaired) electrons. The fourth-order valence-electron chi connectivity index (χ4n) is 2.93. The topological polar surface area (TPSA) is 67.0 Å². The Morgan fingerprint density at radius 1 is 0.846 bits per heavy atom. The minimum atomic E-state index is 0.0293. The highest BCUT2D eigenvalue weighted by molar-refractivity contribution is 7.99. The lowest BCUT2D eigenvalue weighted by molar-refractivity contribution is -0.804. The van der Waals surface area contributed by atoms with Crippen molar-refractivity contribution in [1.82, 2.24) is 0 Å². The third-order valence-corrected chi connectivity index (χ3v) is 6.26. The van der Waals surface area contributed by atoms with Crippen LogP contribution in [0.15, 0.2) is 46.2 Å². The number of hydrogen-bond donors (Lipinski definition) is 3. The van der Waals surface area contributed by atoms with E-state index >= 15 is 0 Å². The molecule has 6 heteroatoms. The van der Waals surface area contributed by atoms with Gasteiger partial charge in [-0.05, 0) is 38.8 Å². The van der Waals surface area contributed by atoms with E-state index in [9.17, 15) is 10.4 Å². The zero-order chi connectivity index (χ0) is 18.8. The molecule has 0 spiro atoms. The van der Waals surface area contributed by atoms with Crippen molar-refractivity contribution in [3.05, 3.63) is 46.8 Å². The van der Waals surface area contributed by atoms with E-state index in [0.29, 0.717) is 0 Å². The molecule has 2 aromatic rings. The van der Waals surface area contributed by atoms with Gasteiger partial charge in [0.25, 0.3) is 0 Å². The largest absolute Gasteiger partial charge is 0.629 e. The maximum atomic E-state index is 12.5. The monoisotopic (exact) mass is 373 g/mol. The van der Waals surface area contributed by atoms with Crippen molar-refractivity contribution in [1.29, 1.82) is 0 Å². The molecule has 1 aliphatic rings. The lowest BCUT2D eigenvalue weighted by Gasteiger charge is -2.30. The predicted molar refractivity (Wildman–Crippen MR) is 108 cm³/mol. The van der Waals surface area contributed by atoms with Gasteiger partial charge in [0.2, 0.25) is 0 Å². The van der Waals surface area contributed by atoms with Crippen molar-refractivity contribution in [2.24, 2.45) is 0 Å². The molecule has 4 unspecified atom stereocenters. The Balaban J connectivity index is 1.87. The normalized spacial score (nSPS) is 17.5. The van der Waals surface area contributed by atoms with Gasteiger partial charge in [-0.25, -0.2) is 0 Å². The smallest absolute Gasteiger partial charge is 0.132 e. The molecule has 0 saturated heterocycles. The van der Waals surface area contributed by atoms with E-state index in [1.165, 1.54) is 0 Å². The van der Waals surface area contributed by atoms with E-state index in [2.05, 4.69) is 5.32 Å². The summed E-state index contributed by atoms with van der Waals surface area (Å²) in [6.45, 7) is 8.00. The predicted octanol–water partition coefficient (Wildman–Crippen LogP) is 3.52. The Bertz CT molecular complexity index is 720. The first-order chi connectivity index (χ1) is 12.4. The minimum absolute atomic E-state index is 0.0293. The van der Waals surface area contributed by atoms with Gasteiger partial charge in [-0.15, -0.1) is 0 Å². The highest BCUT2D eigenvalue weighted by atomic mass is 32.2. The highest BCUT2D eigenvalue weighted by Crippen LogP contribution is 2.45. The first kappa shape index (κ1) is 19.2. The average molecular weight is 374 g/mol. The summed E-state index contributed by atoms with van der Waals surface area (Å²) in [6.07, 6.45) is 1.68. The standard InChI is InChI=1S/C20H27N3O2S/c1-5-13(3)22(24)15-7-9-17-19(11-15)26-20-12-16(8-10-18(20)21-17)23(25)14(4)6-2/h7-14,21-23H,5-6H2,1-4H3. The first-order valence-corrected chi connectivity index (χ1v) is 10.1. The minimum Gasteiger partial charge on any atom is -0.629 e. The van der Waals surface area contributed by atoms with Gasteiger partial charge in [0.15, 0.2) is 0 Å². The zero-order valence-corrected chi connectivity index (χ0v) is 16.6. The third kappa shape index (κ3) is 3.75. The van der Waals surface area contributed by atoms with Crippen molar-refractivity contribution in [2.75, 3.05) is 5.32 Å². The molecular formula is C20H27N3O2S. The summed E-state index contributed by atoms with van der Waals surface area (Å²) in [7, 11) is 0. The first-order valence-electron chi connectivity index (χ1n) is 9.26. The van der Waals surface area contributed by atoms with Gasteiger partial charge in [0, 0.05) is 34.1 Å². The van der Waals surface area contributed by atoms with Gasteiger partial charge in [0.05, 0.1) is 23.5 Å². The maximum Gasteiger partial charge on any atom is 0.132 e. The molecule has 1 heterocycles. The Morgan fingerprint density at radius 2 is 1.27 bits per heavy atom. The fraction of sp³-hybridized carbons (Fsp3) is 0.400. The summed E-state index contributed by atoms with van der Waals surface area (Å²) in [4.78, 5) is 2.06. The van der Waals surface area contributed by atoms with E-state index in [1.807, 2.05) is 64.1 Å². The van der Waals surface area contributed by atoms with Crippen LogP contribution in [0, 0.1) is 10.4 Å². The number of hydrogen-bond acceptors (Lipinski definition) is 4. The van der Waals surface area contributed by atoms with Gasteiger partial charge >= 0.3 is 0 Å². The summed E-state index contributed by atoms with van der Waals surface area (Å²) in [5.74, 6) is 0. The van der Waals surface area contributed by atoms with Crippen LogP contribution in [0.25, 0.3) is 0 Å². The Labute approximate surface area is 159 Å². The van der Waals surface area contributed by atoms with Gasteiger partial charge in [-0.1, -0.05) is 25.6 Å². The molecule has 0 amide bonds. The molecule has 140 valence electrons. The van der Waals surface area contributed by atoms with Crippen LogP contribution in [0.1, 0.15) is 40.5 Å². The number of fused-ring (bicyclic) bond motifs is 2. The molecule has 1 aliphatic heterocycles. The second kappa shape index (κ2) is 7.98. The number of hydroxylamine groups is 2. The van der Waals surface area contributed by atoms with Gasteiger partial charge in [-0.2, -0.15) is 0 Å². The van der Waals surface area contributed by atoms with E-state index in [1.54, 1.807) is 11.8 Å². The van der Waals surface area contributed by atoms with Crippen LogP contribution in [0.2, 0.25) is 0 Å². The maximum absolute atomic E-state index is 12.5. The lowest BCUT2D eigenvalue weighted by atomic mass is 10.2. The van der Waals surface area contributed by atoms with Crippen molar-refractivity contribution in [2.45, 2.75) is 62.4 Å². The van der Waals surface area contributed by atoms with Crippen LogP contribution < -0.4 is 15.4 Å². The summed E-state index contributed by atoms with van der Waals surface area (Å²) in [5, 5.41) is 28.7. The fourth-order valence-corrected chi connectivity index (χ4v) is 4.00. The van der Waals surface area contributed by atoms with Crippen LogP contribution in [0.5, 0.6) is 0 Å². The Morgan fingerprint density at radius 3 is 1.65 bits per heavy atom. The van der Waals surface area contributed by atoms with E-state index in [4.69, 9.17) is 0 Å². The summed E-state index contributed by atoms with van der Waals surface area (Å²) < 4.78 is 0. The van der Waals surface area contributed by atoms with Crippen molar-refractivity contribution in [3.8, 4) is 0 Å². The molecule has 0 aliphatic carbocycles. The van der Waals surface area contributed by atoms with Gasteiger partial charge < -0.3 is 25.9 Å². The number of quaternary nitrogens is 2. The molecule has 5 nitrogen and oxygen atoms in total. The molecule has 2 aromatic carbocycles. The molecular weight excluding hydrogens is 346 g/mol. The van der Waals surface area contributed by atoms with E-state index in [-0.39, 0.29) is 22.2 Å². The molecule has 3 rings (SSSR count). The number of anilines is 2. The number of benzene rings is 2. The third-order valence-electron chi connectivity index (χ3n) is 5.14. The Hall–Kier alpha value is -1.57. The number of rotatable bonds is 6. The van der Waals surface area contributed by atoms with E-state index in [0.717, 1.165) is 45.4 Å². The van der Waals surface area contributed by atoms with Crippen LogP contribution in [0.3, 0.4) is 0 Å². The molecule has 0 saturated carbocycles. The van der Waals surface area contributed by atoms with Crippen LogP contribution >= 0.6 is 11.8 Å². The zero-order valence-electron chi connectivity index (χ0n) is 15.8. The summed E-state index contributed by atoms with van der Waals surface area (Å²) in [5.41, 5.74) is 3.51. The summed E-state index contributed by atoms with van der Waals surface area (Å²) in [6, 6.07) is 11.7. The van der Waals surface area contributed by atoms with Crippen LogP contribution in [-0.4, -0.2) is 12.1 Å². The average Bonchev–Trinajstić information content (AvgIpc) is 2.68. The molecule has 26 heavy (non-hydrogen) atoms. The van der Waals surface area contributed by atoms with Crippen molar-refractivity contribution < 1.29 is 10.1 Å². The second-order valence-corrected chi connectivity index (χ2v) is 8.08. The van der Waals surface area contributed by atoms with Crippen LogP contribution in [-0.2, 0) is 0 Å². The molecule has 0 aromatic heterocycles. The quantitative estimate of drug-likeness (QED) is 0.579. The Kier molecular flexibility index (Phi) is 5.89. The lowest BCUT2D eigenvalue weighted by Crippen LogP contribution is -3.06. The molecule has 0 bridgehead atoms. The van der Waals surface area contributed by atoms with Crippen molar-refractivity contribution >= 4 is 34.5 Å². The second-order valence-electron chi connectivity index (χ2n) is 7.00. The SMILES string of the molecule is CCC(C)[NH+]([O-])c1ccc2c(c1)Sc1cc([NH+]([O-])C(C)CC)ccc1N2. The van der Waals surface area contributed by atoms with Gasteiger partial charge in [-0.3, -0.25) is 0 Å². The molecule has 3 N–H and O–H groups in total. The highest BCUT2D eigenvalue weighted by Gasteiger charge is 2.21. The summed E-state index contributed by atoms with van der Waals surface area (Å²) >= 11 is 1.62. The van der Waals surface area contributed by atoms with E-state index < -0.39 is 0 Å². The van der Waals surface area contributed by atoms with Crippen LogP contribution in [0.4, 0.5) is 22.7 Å².